The number of nitrogens with one attached hydrogen (secondary N) is 2. The van der Waals surface area contributed by atoms with Crippen LogP contribution in [0, 0.1) is 11.3 Å². The first-order chi connectivity index (χ1) is 10.9. The molecule has 0 radical (unpaired) electrons. The summed E-state index contributed by atoms with van der Waals surface area (Å²) in [6.45, 7) is 8.85. The van der Waals surface area contributed by atoms with E-state index in [9.17, 15) is 0 Å². The highest BCUT2D eigenvalue weighted by Gasteiger charge is 2.23. The molecule has 23 heavy (non-hydrogen) atoms. The minimum absolute atomic E-state index is 0.203. The summed E-state index contributed by atoms with van der Waals surface area (Å²) >= 11 is 0. The molecule has 6 nitrogen and oxygen atoms in total. The Labute approximate surface area is 136 Å². The largest absolute Gasteiger partial charge is 0.421 e. The van der Waals surface area contributed by atoms with Gasteiger partial charge in [0.05, 0.1) is 6.21 Å². The Morgan fingerprint density at radius 3 is 2.57 bits per heavy atom. The Morgan fingerprint density at radius 1 is 1.30 bits per heavy atom. The van der Waals surface area contributed by atoms with Crippen LogP contribution in [0.1, 0.15) is 44.8 Å². The third-order valence-electron chi connectivity index (χ3n) is 3.05. The van der Waals surface area contributed by atoms with Crippen LogP contribution in [0.15, 0.2) is 33.8 Å². The van der Waals surface area contributed by atoms with Crippen LogP contribution in [0.2, 0.25) is 0 Å². The van der Waals surface area contributed by atoms with Gasteiger partial charge in [-0.2, -0.15) is 15.3 Å². The molecule has 120 valence electrons. The van der Waals surface area contributed by atoms with E-state index in [1.165, 1.54) is 0 Å². The summed E-state index contributed by atoms with van der Waals surface area (Å²) in [5.74, 6) is 0.764. The number of hydrogen-bond donors (Lipinski definition) is 2. The van der Waals surface area contributed by atoms with Crippen molar-refractivity contribution in [2.24, 2.45) is 5.10 Å². The maximum absolute atomic E-state index is 9.12. The summed E-state index contributed by atoms with van der Waals surface area (Å²) in [5.41, 5.74) is 4.69. The van der Waals surface area contributed by atoms with E-state index in [0.29, 0.717) is 5.89 Å². The molecule has 6 heteroatoms. The van der Waals surface area contributed by atoms with Gasteiger partial charge in [0.2, 0.25) is 11.6 Å². The molecule has 0 spiro atoms. The van der Waals surface area contributed by atoms with E-state index in [-0.39, 0.29) is 17.0 Å². The number of oxazole rings is 1. The lowest BCUT2D eigenvalue weighted by Crippen LogP contribution is -2.11. The Bertz CT molecular complexity index is 717. The van der Waals surface area contributed by atoms with Crippen LogP contribution in [-0.2, 0) is 5.41 Å². The van der Waals surface area contributed by atoms with Crippen LogP contribution in [0.5, 0.6) is 0 Å². The first kappa shape index (κ1) is 16.6. The number of nitrogens with zero attached hydrogens (tertiary/aromatic N) is 3. The molecule has 0 atom stereocenters. The van der Waals surface area contributed by atoms with Gasteiger partial charge >= 0.3 is 0 Å². The van der Waals surface area contributed by atoms with Crippen LogP contribution in [0.3, 0.4) is 0 Å². The van der Waals surface area contributed by atoms with E-state index in [4.69, 9.17) is 9.68 Å². The molecule has 1 aromatic heterocycles. The zero-order chi connectivity index (χ0) is 16.9. The molecule has 2 rings (SSSR count). The van der Waals surface area contributed by atoms with E-state index in [0.717, 1.165) is 17.8 Å². The number of rotatable bonds is 5. The Kier molecular flexibility index (Phi) is 5.02. The van der Waals surface area contributed by atoms with Crippen molar-refractivity contribution in [2.45, 2.75) is 33.1 Å². The van der Waals surface area contributed by atoms with Crippen molar-refractivity contribution in [3.05, 3.63) is 41.4 Å². The number of benzene rings is 1. The van der Waals surface area contributed by atoms with E-state index in [2.05, 4.69) is 27.8 Å². The first-order valence-corrected chi connectivity index (χ1v) is 7.48. The summed E-state index contributed by atoms with van der Waals surface area (Å²) < 4.78 is 5.59. The van der Waals surface area contributed by atoms with Gasteiger partial charge in [-0.05, 0) is 24.6 Å². The molecule has 0 aliphatic heterocycles. The van der Waals surface area contributed by atoms with E-state index in [1.54, 1.807) is 6.21 Å². The van der Waals surface area contributed by atoms with Crippen LogP contribution in [0.4, 0.5) is 11.6 Å². The monoisotopic (exact) mass is 311 g/mol. The maximum atomic E-state index is 9.12. The minimum Gasteiger partial charge on any atom is -0.421 e. The topological polar surface area (TPSA) is 86.2 Å². The van der Waals surface area contributed by atoms with Crippen molar-refractivity contribution in [1.29, 1.82) is 5.26 Å². The highest BCUT2D eigenvalue weighted by molar-refractivity contribution is 5.80. The Balaban J connectivity index is 2.08. The molecule has 2 aromatic rings. The maximum Gasteiger partial charge on any atom is 0.252 e. The summed E-state index contributed by atoms with van der Waals surface area (Å²) in [6.07, 6.45) is 1.66. The summed E-state index contributed by atoms with van der Waals surface area (Å²) in [7, 11) is 0. The molecule has 1 heterocycles. The number of nitriles is 1. The standard InChI is InChI=1S/C17H21N5O/c1-5-19-13-8-6-12(7-9-13)11-20-22-15-14(10-18)21-16(23-15)17(2,3)4/h6-9,11,19,22H,5H2,1-4H3. The second-order valence-electron chi connectivity index (χ2n) is 6.08. The van der Waals surface area contributed by atoms with Gasteiger partial charge in [-0.15, -0.1) is 0 Å². The summed E-state index contributed by atoms with van der Waals surface area (Å²) in [4.78, 5) is 4.19. The predicted molar refractivity (Wildman–Crippen MR) is 91.7 cm³/mol. The van der Waals surface area contributed by atoms with Crippen LogP contribution >= 0.6 is 0 Å². The van der Waals surface area contributed by atoms with Gasteiger partial charge in [0.15, 0.2) is 0 Å². The first-order valence-electron chi connectivity index (χ1n) is 7.48. The lowest BCUT2D eigenvalue weighted by molar-refractivity contribution is 0.399. The molecule has 0 aliphatic carbocycles. The fourth-order valence-corrected chi connectivity index (χ4v) is 1.85. The smallest absolute Gasteiger partial charge is 0.252 e. The van der Waals surface area contributed by atoms with Gasteiger partial charge in [0.25, 0.3) is 5.88 Å². The lowest BCUT2D eigenvalue weighted by Gasteiger charge is -2.11. The number of hydrazone groups is 1. The predicted octanol–water partition coefficient (Wildman–Crippen LogP) is 3.72. The molecule has 0 saturated carbocycles. The molecule has 2 N–H and O–H groups in total. The summed E-state index contributed by atoms with van der Waals surface area (Å²) in [6, 6.07) is 9.88. The van der Waals surface area contributed by atoms with Crippen molar-refractivity contribution < 1.29 is 4.42 Å². The Hall–Kier alpha value is -2.81. The van der Waals surface area contributed by atoms with Crippen LogP contribution < -0.4 is 10.7 Å². The Morgan fingerprint density at radius 2 is 2.00 bits per heavy atom. The normalized spacial score (nSPS) is 11.4. The SMILES string of the molecule is CCNc1ccc(C=NNc2oc(C(C)(C)C)nc2C#N)cc1. The summed E-state index contributed by atoms with van der Waals surface area (Å²) in [5, 5.41) is 16.5. The minimum atomic E-state index is -0.267. The average Bonchev–Trinajstić information content (AvgIpc) is 2.93. The number of hydrogen-bond acceptors (Lipinski definition) is 6. The van der Waals surface area contributed by atoms with Crippen molar-refractivity contribution in [3.8, 4) is 6.07 Å². The van der Waals surface area contributed by atoms with E-state index in [1.807, 2.05) is 51.1 Å². The molecule has 0 unspecified atom stereocenters. The molecule has 0 bridgehead atoms. The fourth-order valence-electron chi connectivity index (χ4n) is 1.85. The van der Waals surface area contributed by atoms with E-state index >= 15 is 0 Å². The zero-order valence-electron chi connectivity index (χ0n) is 13.8. The molecular weight excluding hydrogens is 290 g/mol. The molecule has 1 aromatic carbocycles. The van der Waals surface area contributed by atoms with Crippen molar-refractivity contribution >= 4 is 17.8 Å². The van der Waals surface area contributed by atoms with Gasteiger partial charge in [0, 0.05) is 17.6 Å². The fraction of sp³-hybridized carbons (Fsp3) is 0.353. The molecule has 0 aliphatic rings. The quantitative estimate of drug-likeness (QED) is 0.649. The van der Waals surface area contributed by atoms with Crippen molar-refractivity contribution in [3.63, 3.8) is 0 Å². The second-order valence-corrected chi connectivity index (χ2v) is 6.08. The highest BCUT2D eigenvalue weighted by Crippen LogP contribution is 2.26. The van der Waals surface area contributed by atoms with Crippen molar-refractivity contribution in [2.75, 3.05) is 17.3 Å². The second kappa shape index (κ2) is 6.97. The van der Waals surface area contributed by atoms with Gasteiger partial charge in [-0.1, -0.05) is 32.9 Å². The third-order valence-corrected chi connectivity index (χ3v) is 3.05. The molecule has 0 amide bonds. The van der Waals surface area contributed by atoms with Crippen LogP contribution in [0.25, 0.3) is 0 Å². The zero-order valence-corrected chi connectivity index (χ0v) is 13.8. The molecular formula is C17H21N5O. The van der Waals surface area contributed by atoms with Gasteiger partial charge in [-0.3, -0.25) is 0 Å². The van der Waals surface area contributed by atoms with Gasteiger partial charge in [0.1, 0.15) is 6.07 Å². The molecule has 0 saturated heterocycles. The number of aromatic nitrogens is 1. The van der Waals surface area contributed by atoms with Gasteiger partial charge in [-0.25, -0.2) is 5.43 Å². The highest BCUT2D eigenvalue weighted by atomic mass is 16.4. The lowest BCUT2D eigenvalue weighted by atomic mass is 9.97. The van der Waals surface area contributed by atoms with Gasteiger partial charge < -0.3 is 9.73 Å². The average molecular weight is 311 g/mol. The third kappa shape index (κ3) is 4.33. The van der Waals surface area contributed by atoms with Crippen LogP contribution in [-0.4, -0.2) is 17.7 Å². The van der Waals surface area contributed by atoms with Crippen molar-refractivity contribution in [1.82, 2.24) is 4.98 Å². The van der Waals surface area contributed by atoms with E-state index < -0.39 is 0 Å². The number of anilines is 2. The molecule has 0 fully saturated rings.